The van der Waals surface area contributed by atoms with E-state index in [2.05, 4.69) is 23.1 Å². The molecule has 0 atom stereocenters. The molecule has 2 aromatic heterocycles. The summed E-state index contributed by atoms with van der Waals surface area (Å²) in [6, 6.07) is 5.49. The minimum absolute atomic E-state index is 0.00691. The first-order valence-electron chi connectivity index (χ1n) is 8.57. The van der Waals surface area contributed by atoms with Gasteiger partial charge in [-0.2, -0.15) is 5.10 Å². The molecule has 0 unspecified atom stereocenters. The second kappa shape index (κ2) is 7.65. The molecule has 4 rings (SSSR count). The minimum Gasteiger partial charge on any atom is -0.483 e. The SMILES string of the molecule is CC1=CC2(CCN(C(=O)c3cccc4ncnn34)CC2)OCC1.O=CO. The van der Waals surface area contributed by atoms with Gasteiger partial charge in [0.1, 0.15) is 12.0 Å². The van der Waals surface area contributed by atoms with Crippen LogP contribution in [0.3, 0.4) is 0 Å². The quantitative estimate of drug-likeness (QED) is 0.616. The average molecular weight is 358 g/mol. The van der Waals surface area contributed by atoms with Crippen molar-refractivity contribution in [3.8, 4) is 0 Å². The molecule has 1 spiro atoms. The third-order valence-electron chi connectivity index (χ3n) is 4.81. The molecule has 1 saturated heterocycles. The number of amides is 1. The van der Waals surface area contributed by atoms with Crippen LogP contribution < -0.4 is 0 Å². The van der Waals surface area contributed by atoms with E-state index in [4.69, 9.17) is 14.6 Å². The largest absolute Gasteiger partial charge is 0.483 e. The van der Waals surface area contributed by atoms with E-state index in [-0.39, 0.29) is 18.0 Å². The van der Waals surface area contributed by atoms with Crippen LogP contribution in [0.1, 0.15) is 36.7 Å². The number of carbonyl (C=O) groups excluding carboxylic acids is 1. The maximum Gasteiger partial charge on any atom is 0.290 e. The monoisotopic (exact) mass is 358 g/mol. The lowest BCUT2D eigenvalue weighted by molar-refractivity contribution is -0.122. The molecule has 2 aromatic rings. The molecule has 26 heavy (non-hydrogen) atoms. The van der Waals surface area contributed by atoms with Crippen molar-refractivity contribution < 1.29 is 19.4 Å². The van der Waals surface area contributed by atoms with Crippen LogP contribution in [-0.2, 0) is 9.53 Å². The van der Waals surface area contributed by atoms with E-state index in [9.17, 15) is 4.79 Å². The van der Waals surface area contributed by atoms with Gasteiger partial charge in [0.05, 0.1) is 12.2 Å². The van der Waals surface area contributed by atoms with Gasteiger partial charge in [0, 0.05) is 13.1 Å². The molecule has 2 aliphatic rings. The van der Waals surface area contributed by atoms with Crippen molar-refractivity contribution >= 4 is 18.0 Å². The van der Waals surface area contributed by atoms with Gasteiger partial charge in [-0.1, -0.05) is 17.7 Å². The van der Waals surface area contributed by atoms with Gasteiger partial charge in [-0.05, 0) is 38.3 Å². The number of ether oxygens (including phenoxy) is 1. The van der Waals surface area contributed by atoms with Crippen molar-refractivity contribution in [2.75, 3.05) is 19.7 Å². The standard InChI is InChI=1S/C17H20N4O2.CH2O2/c1-13-5-10-23-17(11-13)6-8-20(9-7-17)16(22)14-3-2-4-15-18-12-19-21(14)15;2-1-3/h2-4,11-12H,5-10H2,1H3;1H,(H,2,3). The van der Waals surface area contributed by atoms with Gasteiger partial charge in [0.2, 0.25) is 0 Å². The molecule has 0 aliphatic carbocycles. The third-order valence-corrected chi connectivity index (χ3v) is 4.81. The number of hydrogen-bond acceptors (Lipinski definition) is 5. The van der Waals surface area contributed by atoms with Crippen LogP contribution in [0.15, 0.2) is 36.2 Å². The molecular weight excluding hydrogens is 336 g/mol. The van der Waals surface area contributed by atoms with Crippen LogP contribution in [-0.4, -0.2) is 62.3 Å². The molecule has 2 aliphatic heterocycles. The van der Waals surface area contributed by atoms with Crippen LogP contribution in [0, 0.1) is 0 Å². The first kappa shape index (κ1) is 18.1. The van der Waals surface area contributed by atoms with Crippen LogP contribution in [0.2, 0.25) is 0 Å². The Labute approximate surface area is 151 Å². The maximum absolute atomic E-state index is 12.8. The summed E-state index contributed by atoms with van der Waals surface area (Å²) in [6.45, 7) is 4.10. The number of aromatic nitrogens is 3. The maximum atomic E-state index is 12.8. The van der Waals surface area contributed by atoms with Gasteiger partial charge in [-0.3, -0.25) is 9.59 Å². The Bertz CT molecular complexity index is 821. The molecule has 1 amide bonds. The zero-order valence-electron chi connectivity index (χ0n) is 14.7. The fourth-order valence-corrected chi connectivity index (χ4v) is 3.52. The second-order valence-corrected chi connectivity index (χ2v) is 6.49. The summed E-state index contributed by atoms with van der Waals surface area (Å²) in [5, 5.41) is 11.0. The summed E-state index contributed by atoms with van der Waals surface area (Å²) in [5.41, 5.74) is 2.48. The number of rotatable bonds is 1. The zero-order chi connectivity index (χ0) is 18.6. The molecular formula is C18H22N4O4. The van der Waals surface area contributed by atoms with Crippen molar-refractivity contribution in [2.24, 2.45) is 0 Å². The number of nitrogens with zero attached hydrogens (tertiary/aromatic N) is 4. The highest BCUT2D eigenvalue weighted by Crippen LogP contribution is 2.33. The predicted octanol–water partition coefficient (Wildman–Crippen LogP) is 1.77. The van der Waals surface area contributed by atoms with Crippen molar-refractivity contribution in [1.82, 2.24) is 19.5 Å². The smallest absolute Gasteiger partial charge is 0.290 e. The van der Waals surface area contributed by atoms with Crippen molar-refractivity contribution in [3.05, 3.63) is 41.9 Å². The van der Waals surface area contributed by atoms with Crippen molar-refractivity contribution in [3.63, 3.8) is 0 Å². The number of carboxylic acid groups (broad SMARTS) is 1. The van der Waals surface area contributed by atoms with E-state index in [1.165, 1.54) is 11.9 Å². The second-order valence-electron chi connectivity index (χ2n) is 6.49. The Morgan fingerprint density at radius 2 is 2.08 bits per heavy atom. The van der Waals surface area contributed by atoms with Gasteiger partial charge in [0.15, 0.2) is 5.65 Å². The van der Waals surface area contributed by atoms with Crippen LogP contribution in [0.25, 0.3) is 5.65 Å². The molecule has 0 bridgehead atoms. The molecule has 1 fully saturated rings. The topological polar surface area (TPSA) is 97.0 Å². The van der Waals surface area contributed by atoms with E-state index in [0.29, 0.717) is 24.4 Å². The summed E-state index contributed by atoms with van der Waals surface area (Å²) < 4.78 is 7.63. The van der Waals surface area contributed by atoms with Crippen LogP contribution in [0.4, 0.5) is 0 Å². The molecule has 1 N–H and O–H groups in total. The van der Waals surface area contributed by atoms with Gasteiger partial charge >= 0.3 is 0 Å². The molecule has 0 saturated carbocycles. The van der Waals surface area contributed by atoms with E-state index >= 15 is 0 Å². The fraction of sp³-hybridized carbons (Fsp3) is 0.444. The Hall–Kier alpha value is -2.74. The van der Waals surface area contributed by atoms with Gasteiger partial charge < -0.3 is 14.7 Å². The summed E-state index contributed by atoms with van der Waals surface area (Å²) >= 11 is 0. The minimum atomic E-state index is -0.250. The van der Waals surface area contributed by atoms with Crippen molar-refractivity contribution in [1.29, 1.82) is 0 Å². The lowest BCUT2D eigenvalue weighted by atomic mass is 9.87. The zero-order valence-corrected chi connectivity index (χ0v) is 14.7. The van der Waals surface area contributed by atoms with Crippen LogP contribution in [0.5, 0.6) is 0 Å². The summed E-state index contributed by atoms with van der Waals surface area (Å²) in [5.74, 6) is 0.00691. The first-order chi connectivity index (χ1) is 12.6. The number of hydrogen-bond donors (Lipinski definition) is 1. The molecule has 8 nitrogen and oxygen atoms in total. The van der Waals surface area contributed by atoms with E-state index in [1.807, 2.05) is 17.0 Å². The highest BCUT2D eigenvalue weighted by molar-refractivity contribution is 5.93. The molecule has 4 heterocycles. The molecule has 8 heteroatoms. The highest BCUT2D eigenvalue weighted by atomic mass is 16.5. The normalized spacial score (nSPS) is 18.8. The highest BCUT2D eigenvalue weighted by Gasteiger charge is 2.37. The number of carbonyl (C=O) groups is 2. The van der Waals surface area contributed by atoms with Crippen LogP contribution >= 0.6 is 0 Å². The van der Waals surface area contributed by atoms with E-state index in [1.54, 1.807) is 10.6 Å². The van der Waals surface area contributed by atoms with Gasteiger partial charge in [-0.15, -0.1) is 0 Å². The molecule has 0 radical (unpaired) electrons. The Balaban J connectivity index is 0.000000613. The predicted molar refractivity (Wildman–Crippen MR) is 93.9 cm³/mol. The Kier molecular flexibility index (Phi) is 5.32. The molecule has 0 aromatic carbocycles. The number of pyridine rings is 1. The lowest BCUT2D eigenvalue weighted by Gasteiger charge is -2.42. The Morgan fingerprint density at radius 3 is 2.77 bits per heavy atom. The summed E-state index contributed by atoms with van der Waals surface area (Å²) in [6.07, 6.45) is 6.45. The number of likely N-dealkylation sites (tertiary alicyclic amines) is 1. The van der Waals surface area contributed by atoms with Gasteiger partial charge in [0.25, 0.3) is 12.4 Å². The lowest BCUT2D eigenvalue weighted by Crippen LogP contribution is -2.48. The average Bonchev–Trinajstić information content (AvgIpc) is 3.11. The number of fused-ring (bicyclic) bond motifs is 1. The van der Waals surface area contributed by atoms with Gasteiger partial charge in [-0.25, -0.2) is 9.50 Å². The third kappa shape index (κ3) is 3.60. The van der Waals surface area contributed by atoms with E-state index < -0.39 is 0 Å². The Morgan fingerprint density at radius 1 is 1.35 bits per heavy atom. The van der Waals surface area contributed by atoms with Crippen molar-refractivity contribution in [2.45, 2.75) is 31.8 Å². The molecule has 138 valence electrons. The van der Waals surface area contributed by atoms with E-state index in [0.717, 1.165) is 25.9 Å². The summed E-state index contributed by atoms with van der Waals surface area (Å²) in [4.78, 5) is 27.2. The summed E-state index contributed by atoms with van der Waals surface area (Å²) in [7, 11) is 0. The first-order valence-corrected chi connectivity index (χ1v) is 8.57. The fourth-order valence-electron chi connectivity index (χ4n) is 3.52. The number of piperidine rings is 1.